The fraction of sp³-hybridized carbons (Fsp3) is 1.00. The van der Waals surface area contributed by atoms with E-state index < -0.39 is 10.0 Å². The summed E-state index contributed by atoms with van der Waals surface area (Å²) in [5.41, 5.74) is 0. The van der Waals surface area contributed by atoms with E-state index in [1.54, 1.807) is 4.31 Å². The van der Waals surface area contributed by atoms with Crippen LogP contribution in [0.25, 0.3) is 0 Å². The first-order chi connectivity index (χ1) is 9.09. The highest BCUT2D eigenvalue weighted by Crippen LogP contribution is 2.28. The number of nitrogens with zero attached hydrogens (tertiary/aromatic N) is 2. The van der Waals surface area contributed by atoms with E-state index in [-0.39, 0.29) is 11.3 Å². The minimum absolute atomic E-state index is 0.125. The maximum atomic E-state index is 12.7. The number of piperidine rings is 1. The van der Waals surface area contributed by atoms with Crippen molar-refractivity contribution in [3.05, 3.63) is 0 Å². The number of piperazine rings is 1. The molecule has 1 N–H and O–H groups in total. The topological polar surface area (TPSA) is 52.7 Å². The van der Waals surface area contributed by atoms with Crippen LogP contribution in [0.1, 0.15) is 32.6 Å². The Bertz CT molecular complexity index is 420. The third kappa shape index (κ3) is 2.55. The van der Waals surface area contributed by atoms with Gasteiger partial charge in [0.2, 0.25) is 10.0 Å². The molecule has 6 heteroatoms. The zero-order valence-electron chi connectivity index (χ0n) is 11.7. The average molecular weight is 287 g/mol. The van der Waals surface area contributed by atoms with Crippen molar-refractivity contribution < 1.29 is 8.42 Å². The van der Waals surface area contributed by atoms with Crippen molar-refractivity contribution >= 4 is 10.0 Å². The molecule has 0 bridgehead atoms. The minimum atomic E-state index is -3.12. The maximum absolute atomic E-state index is 12.7. The monoisotopic (exact) mass is 287 g/mol. The molecule has 0 amide bonds. The van der Waals surface area contributed by atoms with Crippen molar-refractivity contribution in [1.82, 2.24) is 14.5 Å². The van der Waals surface area contributed by atoms with Gasteiger partial charge in [-0.2, -0.15) is 4.31 Å². The van der Waals surface area contributed by atoms with E-state index >= 15 is 0 Å². The average Bonchev–Trinajstić information content (AvgIpc) is 2.92. The first-order valence-electron chi connectivity index (χ1n) is 7.54. The van der Waals surface area contributed by atoms with Crippen LogP contribution in [0.15, 0.2) is 0 Å². The third-order valence-electron chi connectivity index (χ3n) is 4.89. The molecule has 5 nitrogen and oxygen atoms in total. The molecular formula is C13H25N3O2S. The van der Waals surface area contributed by atoms with Crippen LogP contribution in [-0.2, 0) is 10.0 Å². The molecule has 19 heavy (non-hydrogen) atoms. The van der Waals surface area contributed by atoms with Gasteiger partial charge in [0.1, 0.15) is 0 Å². The highest BCUT2D eigenvalue weighted by Gasteiger charge is 2.42. The molecule has 3 unspecified atom stereocenters. The van der Waals surface area contributed by atoms with Gasteiger partial charge in [-0.25, -0.2) is 8.42 Å². The summed E-state index contributed by atoms with van der Waals surface area (Å²) in [6.45, 7) is 6.28. The van der Waals surface area contributed by atoms with Crippen LogP contribution in [0.3, 0.4) is 0 Å². The lowest BCUT2D eigenvalue weighted by Gasteiger charge is -2.47. The Hall–Kier alpha value is -0.170. The lowest BCUT2D eigenvalue weighted by molar-refractivity contribution is 0.0560. The van der Waals surface area contributed by atoms with Gasteiger partial charge >= 0.3 is 0 Å². The second-order valence-electron chi connectivity index (χ2n) is 6.22. The number of hydrogen-bond donors (Lipinski definition) is 1. The van der Waals surface area contributed by atoms with Crippen LogP contribution < -0.4 is 5.32 Å². The summed E-state index contributed by atoms with van der Waals surface area (Å²) in [4.78, 5) is 2.49. The van der Waals surface area contributed by atoms with E-state index in [9.17, 15) is 8.42 Å². The Morgan fingerprint density at radius 2 is 2.00 bits per heavy atom. The third-order valence-corrected chi connectivity index (χ3v) is 7.30. The van der Waals surface area contributed by atoms with Crippen molar-refractivity contribution in [2.45, 2.75) is 49.9 Å². The molecule has 0 aromatic rings. The van der Waals surface area contributed by atoms with Crippen LogP contribution in [0, 0.1) is 0 Å². The molecule has 3 rings (SSSR count). The molecule has 3 atom stereocenters. The Morgan fingerprint density at radius 3 is 2.74 bits per heavy atom. The molecule has 0 aromatic heterocycles. The zero-order chi connectivity index (χ0) is 13.5. The lowest BCUT2D eigenvalue weighted by atomic mass is 9.99. The molecule has 3 heterocycles. The summed E-state index contributed by atoms with van der Waals surface area (Å²) >= 11 is 0. The number of sulfonamides is 1. The Kier molecular flexibility index (Phi) is 3.86. The van der Waals surface area contributed by atoms with Crippen molar-refractivity contribution in [3.8, 4) is 0 Å². The van der Waals surface area contributed by atoms with E-state index in [0.717, 1.165) is 32.5 Å². The molecule has 0 spiro atoms. The van der Waals surface area contributed by atoms with Gasteiger partial charge in [0, 0.05) is 31.7 Å². The summed E-state index contributed by atoms with van der Waals surface area (Å²) in [5.74, 6) is 0. The lowest BCUT2D eigenvalue weighted by Crippen LogP contribution is -2.61. The van der Waals surface area contributed by atoms with E-state index in [1.807, 2.05) is 0 Å². The summed E-state index contributed by atoms with van der Waals surface area (Å²) < 4.78 is 27.3. The zero-order valence-corrected chi connectivity index (χ0v) is 12.5. The highest BCUT2D eigenvalue weighted by atomic mass is 32.2. The van der Waals surface area contributed by atoms with Gasteiger partial charge in [-0.1, -0.05) is 6.42 Å². The van der Waals surface area contributed by atoms with E-state index in [2.05, 4.69) is 17.1 Å². The van der Waals surface area contributed by atoms with E-state index in [0.29, 0.717) is 19.1 Å². The Balaban J connectivity index is 1.76. The molecular weight excluding hydrogens is 262 g/mol. The predicted molar refractivity (Wildman–Crippen MR) is 75.6 cm³/mol. The number of hydrogen-bond acceptors (Lipinski definition) is 4. The number of fused-ring (bicyclic) bond motifs is 1. The largest absolute Gasteiger partial charge is 0.315 e. The standard InChI is InChI=1S/C13H25N3O2S/c1-11-9-15-7-3-2-4-12(15)10-16(11)19(17,18)13-5-6-14-8-13/h11-14H,2-10H2,1H3. The molecule has 3 saturated heterocycles. The maximum Gasteiger partial charge on any atom is 0.218 e. The minimum Gasteiger partial charge on any atom is -0.315 e. The second-order valence-corrected chi connectivity index (χ2v) is 8.39. The fourth-order valence-corrected chi connectivity index (χ4v) is 5.83. The first-order valence-corrected chi connectivity index (χ1v) is 9.05. The number of nitrogens with one attached hydrogen (secondary N) is 1. The Morgan fingerprint density at radius 1 is 1.16 bits per heavy atom. The van der Waals surface area contributed by atoms with Gasteiger partial charge in [0.05, 0.1) is 5.25 Å². The van der Waals surface area contributed by atoms with Crippen molar-refractivity contribution in [2.24, 2.45) is 0 Å². The molecule has 0 saturated carbocycles. The van der Waals surface area contributed by atoms with Gasteiger partial charge in [0.25, 0.3) is 0 Å². The van der Waals surface area contributed by atoms with Crippen molar-refractivity contribution in [2.75, 3.05) is 32.7 Å². The summed E-state index contributed by atoms with van der Waals surface area (Å²) in [5, 5.41) is 2.97. The van der Waals surface area contributed by atoms with E-state index in [4.69, 9.17) is 0 Å². The van der Waals surface area contributed by atoms with Crippen LogP contribution in [0.5, 0.6) is 0 Å². The van der Waals surface area contributed by atoms with Crippen molar-refractivity contribution in [3.63, 3.8) is 0 Å². The van der Waals surface area contributed by atoms with Crippen LogP contribution in [-0.4, -0.2) is 67.7 Å². The molecule has 3 fully saturated rings. The molecule has 3 aliphatic heterocycles. The summed E-state index contributed by atoms with van der Waals surface area (Å²) in [6.07, 6.45) is 4.43. The number of rotatable bonds is 2. The molecule has 0 aromatic carbocycles. The van der Waals surface area contributed by atoms with Crippen molar-refractivity contribution in [1.29, 1.82) is 0 Å². The van der Waals surface area contributed by atoms with Gasteiger partial charge in [-0.05, 0) is 39.3 Å². The second kappa shape index (κ2) is 5.31. The molecule has 0 aliphatic carbocycles. The summed E-state index contributed by atoms with van der Waals surface area (Å²) in [6, 6.07) is 0.578. The first kappa shape index (κ1) is 13.8. The SMILES string of the molecule is CC1CN2CCCCC2CN1S(=O)(=O)C1CCNC1. The van der Waals surface area contributed by atoms with Gasteiger partial charge in [-0.3, -0.25) is 4.90 Å². The molecule has 0 radical (unpaired) electrons. The van der Waals surface area contributed by atoms with Gasteiger partial charge in [0.15, 0.2) is 0 Å². The van der Waals surface area contributed by atoms with E-state index in [1.165, 1.54) is 12.8 Å². The normalized spacial score (nSPS) is 38.3. The van der Waals surface area contributed by atoms with Crippen LogP contribution in [0.2, 0.25) is 0 Å². The molecule has 3 aliphatic rings. The predicted octanol–water partition coefficient (Wildman–Crippen LogP) is 0.237. The highest BCUT2D eigenvalue weighted by molar-refractivity contribution is 7.89. The fourth-order valence-electron chi connectivity index (χ4n) is 3.75. The quantitative estimate of drug-likeness (QED) is 0.790. The van der Waals surface area contributed by atoms with Gasteiger partial charge < -0.3 is 5.32 Å². The smallest absolute Gasteiger partial charge is 0.218 e. The van der Waals surface area contributed by atoms with Crippen LogP contribution >= 0.6 is 0 Å². The molecule has 110 valence electrons. The summed E-state index contributed by atoms with van der Waals surface area (Å²) in [7, 11) is -3.12. The van der Waals surface area contributed by atoms with Gasteiger partial charge in [-0.15, -0.1) is 0 Å². The van der Waals surface area contributed by atoms with Crippen LogP contribution in [0.4, 0.5) is 0 Å². The Labute approximate surface area is 116 Å².